The molecule has 100 valence electrons. The van der Waals surface area contributed by atoms with Gasteiger partial charge in [-0.05, 0) is 19.9 Å². The summed E-state index contributed by atoms with van der Waals surface area (Å²) in [6, 6.07) is 8.40. The Labute approximate surface area is 113 Å². The fourth-order valence-electron chi connectivity index (χ4n) is 2.64. The molecule has 3 rings (SSSR count). The normalized spacial score (nSPS) is 20.1. The number of para-hydroxylation sites is 1. The van der Waals surface area contributed by atoms with Crippen LogP contribution in [0.1, 0.15) is 31.3 Å². The zero-order valence-electron chi connectivity index (χ0n) is 11.6. The van der Waals surface area contributed by atoms with E-state index in [1.165, 1.54) is 5.56 Å². The monoisotopic (exact) mass is 257 g/mol. The van der Waals surface area contributed by atoms with Crippen molar-refractivity contribution in [2.45, 2.75) is 32.0 Å². The van der Waals surface area contributed by atoms with Crippen molar-refractivity contribution in [3.8, 4) is 5.75 Å². The van der Waals surface area contributed by atoms with Gasteiger partial charge in [-0.2, -0.15) is 0 Å². The van der Waals surface area contributed by atoms with E-state index in [9.17, 15) is 0 Å². The van der Waals surface area contributed by atoms with E-state index >= 15 is 0 Å². The molecule has 4 nitrogen and oxygen atoms in total. The van der Waals surface area contributed by atoms with E-state index in [4.69, 9.17) is 4.74 Å². The van der Waals surface area contributed by atoms with Gasteiger partial charge in [-0.1, -0.05) is 18.2 Å². The molecule has 0 saturated heterocycles. The van der Waals surface area contributed by atoms with Crippen LogP contribution in [0, 0.1) is 0 Å². The molecule has 0 aliphatic carbocycles. The molecular weight excluding hydrogens is 238 g/mol. The number of benzene rings is 1. The first kappa shape index (κ1) is 12.2. The van der Waals surface area contributed by atoms with Crippen LogP contribution in [-0.2, 0) is 13.6 Å². The van der Waals surface area contributed by atoms with Crippen LogP contribution in [0.15, 0.2) is 36.7 Å². The third kappa shape index (κ3) is 2.12. The lowest BCUT2D eigenvalue weighted by atomic mass is 9.94. The van der Waals surface area contributed by atoms with Crippen LogP contribution in [0.4, 0.5) is 0 Å². The summed E-state index contributed by atoms with van der Waals surface area (Å²) in [4.78, 5) is 4.34. The van der Waals surface area contributed by atoms with E-state index in [1.54, 1.807) is 0 Å². The van der Waals surface area contributed by atoms with Crippen LogP contribution < -0.4 is 10.1 Å². The second-order valence-electron chi connectivity index (χ2n) is 5.51. The van der Waals surface area contributed by atoms with Crippen LogP contribution in [0.5, 0.6) is 5.75 Å². The molecule has 0 bridgehead atoms. The molecule has 1 atom stereocenters. The minimum atomic E-state index is -0.241. The van der Waals surface area contributed by atoms with Gasteiger partial charge in [0, 0.05) is 25.0 Å². The van der Waals surface area contributed by atoms with Gasteiger partial charge in [-0.15, -0.1) is 0 Å². The van der Waals surface area contributed by atoms with E-state index < -0.39 is 0 Å². The first-order valence-electron chi connectivity index (χ1n) is 6.55. The average molecular weight is 257 g/mol. The van der Waals surface area contributed by atoms with Crippen molar-refractivity contribution in [2.24, 2.45) is 7.05 Å². The number of nitrogens with zero attached hydrogens (tertiary/aromatic N) is 2. The van der Waals surface area contributed by atoms with E-state index in [0.29, 0.717) is 0 Å². The Morgan fingerprint density at radius 2 is 2.16 bits per heavy atom. The third-order valence-electron chi connectivity index (χ3n) is 3.68. The second kappa shape index (κ2) is 4.38. The van der Waals surface area contributed by atoms with Gasteiger partial charge in [0.05, 0.1) is 12.6 Å². The van der Waals surface area contributed by atoms with Crippen LogP contribution in [0.25, 0.3) is 0 Å². The lowest BCUT2D eigenvalue weighted by molar-refractivity contribution is 0.0954. The van der Waals surface area contributed by atoms with Gasteiger partial charge in [-0.3, -0.25) is 5.32 Å². The smallest absolute Gasteiger partial charge is 0.125 e. The van der Waals surface area contributed by atoms with Gasteiger partial charge in [-0.25, -0.2) is 4.98 Å². The Morgan fingerprint density at radius 3 is 2.89 bits per heavy atom. The molecule has 1 aliphatic heterocycles. The number of hydrogen-bond acceptors (Lipinski definition) is 3. The molecule has 19 heavy (non-hydrogen) atoms. The lowest BCUT2D eigenvalue weighted by Crippen LogP contribution is -2.39. The number of ether oxygens (including phenoxy) is 1. The summed E-state index contributed by atoms with van der Waals surface area (Å²) in [6.07, 6.45) is 3.78. The molecule has 0 saturated carbocycles. The number of imidazole rings is 1. The highest BCUT2D eigenvalue weighted by Gasteiger charge is 2.40. The fourth-order valence-corrected chi connectivity index (χ4v) is 2.64. The zero-order valence-corrected chi connectivity index (χ0v) is 11.6. The van der Waals surface area contributed by atoms with Crippen molar-refractivity contribution in [1.82, 2.24) is 14.9 Å². The Bertz CT molecular complexity index is 589. The van der Waals surface area contributed by atoms with Crippen molar-refractivity contribution in [3.63, 3.8) is 0 Å². The second-order valence-corrected chi connectivity index (χ2v) is 5.51. The summed E-state index contributed by atoms with van der Waals surface area (Å²) >= 11 is 0. The van der Waals surface area contributed by atoms with Crippen molar-refractivity contribution in [2.75, 3.05) is 0 Å². The Hall–Kier alpha value is -1.81. The average Bonchev–Trinajstić information content (AvgIpc) is 2.87. The Kier molecular flexibility index (Phi) is 2.82. The SMILES string of the molecule is Cn1ccnc1CNC1c2ccccc2OC1(C)C. The van der Waals surface area contributed by atoms with Crippen LogP contribution in [-0.4, -0.2) is 15.2 Å². The highest BCUT2D eigenvalue weighted by Crippen LogP contribution is 2.42. The van der Waals surface area contributed by atoms with Gasteiger partial charge >= 0.3 is 0 Å². The molecule has 0 spiro atoms. The molecular formula is C15H19N3O. The molecule has 2 aromatic rings. The summed E-state index contributed by atoms with van der Waals surface area (Å²) < 4.78 is 8.05. The van der Waals surface area contributed by atoms with Crippen molar-refractivity contribution in [3.05, 3.63) is 48.0 Å². The topological polar surface area (TPSA) is 39.1 Å². The van der Waals surface area contributed by atoms with Crippen molar-refractivity contribution in [1.29, 1.82) is 0 Å². The summed E-state index contributed by atoms with van der Waals surface area (Å²) in [5.74, 6) is 2.00. The molecule has 0 fully saturated rings. The number of rotatable bonds is 3. The first-order valence-corrected chi connectivity index (χ1v) is 6.55. The largest absolute Gasteiger partial charge is 0.486 e. The molecule has 0 amide bonds. The van der Waals surface area contributed by atoms with Crippen LogP contribution >= 0.6 is 0 Å². The fraction of sp³-hybridized carbons (Fsp3) is 0.400. The highest BCUT2D eigenvalue weighted by atomic mass is 16.5. The minimum absolute atomic E-state index is 0.181. The van der Waals surface area contributed by atoms with Gasteiger partial charge in [0.15, 0.2) is 0 Å². The third-order valence-corrected chi connectivity index (χ3v) is 3.68. The molecule has 0 radical (unpaired) electrons. The quantitative estimate of drug-likeness (QED) is 0.918. The van der Waals surface area contributed by atoms with E-state index in [1.807, 2.05) is 36.1 Å². The molecule has 1 unspecified atom stereocenters. The Balaban J connectivity index is 1.82. The molecule has 2 heterocycles. The predicted octanol–water partition coefficient (Wildman–Crippen LogP) is 2.42. The van der Waals surface area contributed by atoms with Gasteiger partial charge in [0.25, 0.3) is 0 Å². The number of aromatic nitrogens is 2. The van der Waals surface area contributed by atoms with Crippen LogP contribution in [0.3, 0.4) is 0 Å². The Morgan fingerprint density at radius 1 is 1.37 bits per heavy atom. The first-order chi connectivity index (χ1) is 9.08. The van der Waals surface area contributed by atoms with Gasteiger partial charge in [0.2, 0.25) is 0 Å². The van der Waals surface area contributed by atoms with Crippen LogP contribution in [0.2, 0.25) is 0 Å². The molecule has 4 heteroatoms. The number of nitrogens with one attached hydrogen (secondary N) is 1. The van der Waals surface area contributed by atoms with Gasteiger partial charge in [0.1, 0.15) is 17.2 Å². The minimum Gasteiger partial charge on any atom is -0.486 e. The maximum absolute atomic E-state index is 6.02. The highest BCUT2D eigenvalue weighted by molar-refractivity contribution is 5.42. The van der Waals surface area contributed by atoms with E-state index in [-0.39, 0.29) is 11.6 Å². The maximum atomic E-state index is 6.02. The zero-order chi connectivity index (χ0) is 13.5. The number of aryl methyl sites for hydroxylation is 1. The summed E-state index contributed by atoms with van der Waals surface area (Å²) in [7, 11) is 2.01. The maximum Gasteiger partial charge on any atom is 0.125 e. The summed E-state index contributed by atoms with van der Waals surface area (Å²) in [5.41, 5.74) is 0.983. The van der Waals surface area contributed by atoms with Crippen molar-refractivity contribution >= 4 is 0 Å². The lowest BCUT2D eigenvalue weighted by Gasteiger charge is -2.27. The molecule has 1 aromatic carbocycles. The molecule has 1 N–H and O–H groups in total. The number of hydrogen-bond donors (Lipinski definition) is 1. The van der Waals surface area contributed by atoms with Gasteiger partial charge < -0.3 is 9.30 Å². The standard InChI is InChI=1S/C15H19N3O/c1-15(2)14(11-6-4-5-7-12(11)19-15)17-10-13-16-8-9-18(13)3/h4-9,14,17H,10H2,1-3H3. The summed E-state index contributed by atoms with van der Waals surface area (Å²) in [6.45, 7) is 4.96. The van der Waals surface area contributed by atoms with Crippen molar-refractivity contribution < 1.29 is 4.74 Å². The molecule has 1 aromatic heterocycles. The van der Waals surface area contributed by atoms with E-state index in [2.05, 4.69) is 36.3 Å². The summed E-state index contributed by atoms with van der Waals surface area (Å²) in [5, 5.41) is 3.56. The predicted molar refractivity (Wildman–Crippen MR) is 73.9 cm³/mol. The molecule has 1 aliphatic rings. The number of fused-ring (bicyclic) bond motifs is 1. The van der Waals surface area contributed by atoms with E-state index in [0.717, 1.165) is 18.1 Å².